The minimum absolute atomic E-state index is 0.0331. The number of rotatable bonds is 3. The molecule has 0 spiro atoms. The molecule has 0 N–H and O–H groups in total. The Balaban J connectivity index is 1.97. The van der Waals surface area contributed by atoms with Crippen molar-refractivity contribution in [1.29, 1.82) is 0 Å². The van der Waals surface area contributed by atoms with Gasteiger partial charge in [0, 0.05) is 29.8 Å². The number of fused-ring (bicyclic) bond motifs is 1. The summed E-state index contributed by atoms with van der Waals surface area (Å²) in [5.41, 5.74) is 1.30. The smallest absolute Gasteiger partial charge is 0.167 e. The lowest BCUT2D eigenvalue weighted by Crippen LogP contribution is -2.04. The van der Waals surface area contributed by atoms with Gasteiger partial charge in [0.2, 0.25) is 0 Å². The fraction of sp³-hybridized carbons (Fsp3) is 0.0588. The third-order valence-electron chi connectivity index (χ3n) is 3.24. The highest BCUT2D eigenvalue weighted by molar-refractivity contribution is 6.08. The minimum Gasteiger partial charge on any atom is -0.294 e. The molecule has 3 aromatic rings. The topological polar surface area (TPSA) is 30.0 Å². The Bertz CT molecular complexity index is 777. The predicted molar refractivity (Wildman–Crippen MR) is 76.2 cm³/mol. The Labute approximate surface area is 115 Å². The number of halogens is 1. The zero-order valence-corrected chi connectivity index (χ0v) is 10.7. The lowest BCUT2D eigenvalue weighted by Gasteiger charge is -2.05. The van der Waals surface area contributed by atoms with E-state index in [9.17, 15) is 9.18 Å². The third kappa shape index (κ3) is 2.43. The SMILES string of the molecule is O=C(Cc1cccc(F)c1)c1cccc2ccncc12. The number of aromatic nitrogens is 1. The van der Waals surface area contributed by atoms with Crippen LogP contribution in [0.4, 0.5) is 4.39 Å². The summed E-state index contributed by atoms with van der Waals surface area (Å²) in [5, 5.41) is 1.81. The zero-order chi connectivity index (χ0) is 13.9. The van der Waals surface area contributed by atoms with Gasteiger partial charge in [-0.2, -0.15) is 0 Å². The van der Waals surface area contributed by atoms with E-state index in [0.29, 0.717) is 11.1 Å². The Hall–Kier alpha value is -2.55. The van der Waals surface area contributed by atoms with Gasteiger partial charge in [-0.3, -0.25) is 9.78 Å². The minimum atomic E-state index is -0.324. The summed E-state index contributed by atoms with van der Waals surface area (Å²) in [6.07, 6.45) is 3.57. The van der Waals surface area contributed by atoms with Crippen LogP contribution < -0.4 is 0 Å². The molecule has 0 aliphatic rings. The van der Waals surface area contributed by atoms with E-state index in [4.69, 9.17) is 0 Å². The summed E-state index contributed by atoms with van der Waals surface area (Å²) in [6, 6.07) is 13.6. The maximum Gasteiger partial charge on any atom is 0.167 e. The van der Waals surface area contributed by atoms with Crippen molar-refractivity contribution in [2.75, 3.05) is 0 Å². The normalized spacial score (nSPS) is 10.7. The van der Waals surface area contributed by atoms with E-state index in [1.807, 2.05) is 18.2 Å². The molecule has 1 aromatic heterocycles. The van der Waals surface area contributed by atoms with E-state index >= 15 is 0 Å². The van der Waals surface area contributed by atoms with Gasteiger partial charge in [-0.25, -0.2) is 4.39 Å². The maximum absolute atomic E-state index is 13.2. The first-order chi connectivity index (χ1) is 9.74. The van der Waals surface area contributed by atoms with Gasteiger partial charge in [0.25, 0.3) is 0 Å². The molecule has 2 nitrogen and oxygen atoms in total. The van der Waals surface area contributed by atoms with Crippen LogP contribution in [0.2, 0.25) is 0 Å². The number of hydrogen-bond acceptors (Lipinski definition) is 2. The number of carbonyl (C=O) groups excluding carboxylic acids is 1. The first-order valence-corrected chi connectivity index (χ1v) is 6.34. The van der Waals surface area contributed by atoms with Crippen LogP contribution in [0.5, 0.6) is 0 Å². The van der Waals surface area contributed by atoms with E-state index in [2.05, 4.69) is 4.98 Å². The highest BCUT2D eigenvalue weighted by Crippen LogP contribution is 2.19. The quantitative estimate of drug-likeness (QED) is 0.674. The van der Waals surface area contributed by atoms with Crippen molar-refractivity contribution in [1.82, 2.24) is 4.98 Å². The molecule has 20 heavy (non-hydrogen) atoms. The average Bonchev–Trinajstić information content (AvgIpc) is 2.46. The van der Waals surface area contributed by atoms with Crippen molar-refractivity contribution in [3.05, 3.63) is 77.9 Å². The zero-order valence-electron chi connectivity index (χ0n) is 10.7. The molecule has 0 atom stereocenters. The van der Waals surface area contributed by atoms with Gasteiger partial charge >= 0.3 is 0 Å². The number of ketones is 1. The molecule has 3 rings (SSSR count). The molecule has 0 radical (unpaired) electrons. The lowest BCUT2D eigenvalue weighted by atomic mass is 9.98. The van der Waals surface area contributed by atoms with Gasteiger partial charge in [-0.05, 0) is 29.1 Å². The fourth-order valence-electron chi connectivity index (χ4n) is 2.28. The van der Waals surface area contributed by atoms with Gasteiger partial charge in [-0.1, -0.05) is 30.3 Å². The molecule has 0 bridgehead atoms. The Morgan fingerprint density at radius 3 is 2.80 bits per heavy atom. The summed E-state index contributed by atoms with van der Waals surface area (Å²) in [6.45, 7) is 0. The van der Waals surface area contributed by atoms with E-state index in [-0.39, 0.29) is 18.0 Å². The Kier molecular flexibility index (Phi) is 3.25. The number of pyridine rings is 1. The van der Waals surface area contributed by atoms with E-state index in [0.717, 1.165) is 10.8 Å². The van der Waals surface area contributed by atoms with Gasteiger partial charge in [0.05, 0.1) is 0 Å². The molecule has 0 saturated heterocycles. The van der Waals surface area contributed by atoms with Crippen LogP contribution in [0.1, 0.15) is 15.9 Å². The number of Topliss-reactive ketones (excluding diaryl/α,β-unsaturated/α-hetero) is 1. The standard InChI is InChI=1S/C17H12FNO/c18-14-5-1-3-12(9-14)10-17(20)15-6-2-4-13-7-8-19-11-16(13)15/h1-9,11H,10H2. The molecule has 0 saturated carbocycles. The highest BCUT2D eigenvalue weighted by Gasteiger charge is 2.11. The van der Waals surface area contributed by atoms with Gasteiger partial charge in [0.1, 0.15) is 5.82 Å². The number of hydrogen-bond donors (Lipinski definition) is 0. The molecular weight excluding hydrogens is 253 g/mol. The molecule has 0 aliphatic carbocycles. The lowest BCUT2D eigenvalue weighted by molar-refractivity contribution is 0.0994. The summed E-state index contributed by atoms with van der Waals surface area (Å²) in [4.78, 5) is 16.5. The summed E-state index contributed by atoms with van der Waals surface area (Å²) in [5.74, 6) is -0.357. The van der Waals surface area contributed by atoms with Crippen LogP contribution in [0.25, 0.3) is 10.8 Å². The van der Waals surface area contributed by atoms with Gasteiger partial charge in [-0.15, -0.1) is 0 Å². The highest BCUT2D eigenvalue weighted by atomic mass is 19.1. The number of nitrogens with zero attached hydrogens (tertiary/aromatic N) is 1. The Morgan fingerprint density at radius 2 is 1.95 bits per heavy atom. The van der Waals surface area contributed by atoms with Crippen LogP contribution in [-0.2, 0) is 6.42 Å². The summed E-state index contributed by atoms with van der Waals surface area (Å²) >= 11 is 0. The van der Waals surface area contributed by atoms with Crippen LogP contribution in [0.3, 0.4) is 0 Å². The van der Waals surface area contributed by atoms with Gasteiger partial charge in [0.15, 0.2) is 5.78 Å². The van der Waals surface area contributed by atoms with E-state index < -0.39 is 0 Å². The van der Waals surface area contributed by atoms with Crippen LogP contribution in [0.15, 0.2) is 60.9 Å². The van der Waals surface area contributed by atoms with Crippen molar-refractivity contribution in [2.24, 2.45) is 0 Å². The van der Waals surface area contributed by atoms with Crippen molar-refractivity contribution < 1.29 is 9.18 Å². The molecule has 0 unspecified atom stereocenters. The van der Waals surface area contributed by atoms with E-state index in [1.54, 1.807) is 30.6 Å². The van der Waals surface area contributed by atoms with Crippen LogP contribution >= 0.6 is 0 Å². The first-order valence-electron chi connectivity index (χ1n) is 6.34. The molecule has 98 valence electrons. The largest absolute Gasteiger partial charge is 0.294 e. The monoisotopic (exact) mass is 265 g/mol. The molecule has 1 heterocycles. The fourth-order valence-corrected chi connectivity index (χ4v) is 2.28. The maximum atomic E-state index is 13.2. The first kappa shape index (κ1) is 12.5. The molecular formula is C17H12FNO. The number of benzene rings is 2. The molecule has 3 heteroatoms. The van der Waals surface area contributed by atoms with Crippen LogP contribution in [0, 0.1) is 5.82 Å². The molecule has 0 aliphatic heterocycles. The third-order valence-corrected chi connectivity index (χ3v) is 3.24. The second-order valence-corrected chi connectivity index (χ2v) is 4.63. The molecule has 0 fully saturated rings. The second kappa shape index (κ2) is 5.21. The van der Waals surface area contributed by atoms with Crippen LogP contribution in [-0.4, -0.2) is 10.8 Å². The van der Waals surface area contributed by atoms with Gasteiger partial charge < -0.3 is 0 Å². The van der Waals surface area contributed by atoms with Crippen molar-refractivity contribution in [2.45, 2.75) is 6.42 Å². The van der Waals surface area contributed by atoms with Crippen molar-refractivity contribution in [3.8, 4) is 0 Å². The summed E-state index contributed by atoms with van der Waals surface area (Å²) in [7, 11) is 0. The van der Waals surface area contributed by atoms with E-state index in [1.165, 1.54) is 12.1 Å². The Morgan fingerprint density at radius 1 is 1.10 bits per heavy atom. The van der Waals surface area contributed by atoms with Crippen molar-refractivity contribution >= 4 is 16.6 Å². The second-order valence-electron chi connectivity index (χ2n) is 4.63. The molecule has 2 aromatic carbocycles. The number of carbonyl (C=O) groups is 1. The summed E-state index contributed by atoms with van der Waals surface area (Å²) < 4.78 is 13.2. The molecule has 0 amide bonds. The predicted octanol–water partition coefficient (Wildman–Crippen LogP) is 3.80. The average molecular weight is 265 g/mol. The van der Waals surface area contributed by atoms with Crippen molar-refractivity contribution in [3.63, 3.8) is 0 Å².